The molecule has 0 aliphatic carbocycles. The van der Waals surface area contributed by atoms with Crippen molar-refractivity contribution in [2.24, 2.45) is 0 Å². The molecule has 0 aromatic heterocycles. The molecule has 1 amide bonds. The van der Waals surface area contributed by atoms with Crippen molar-refractivity contribution in [2.45, 2.75) is 11.8 Å². The van der Waals surface area contributed by atoms with Gasteiger partial charge in [-0.3, -0.25) is 4.79 Å². The van der Waals surface area contributed by atoms with Gasteiger partial charge in [0.1, 0.15) is 5.75 Å². The molecule has 6 nitrogen and oxygen atoms in total. The van der Waals surface area contributed by atoms with Gasteiger partial charge in [0.15, 0.2) is 0 Å². The fraction of sp³-hybridized carbons (Fsp3) is 0.278. The van der Waals surface area contributed by atoms with Crippen LogP contribution in [0.5, 0.6) is 5.75 Å². The van der Waals surface area contributed by atoms with E-state index in [2.05, 4.69) is 15.9 Å². The zero-order valence-electron chi connectivity index (χ0n) is 14.8. The second-order valence-corrected chi connectivity index (χ2v) is 8.39. The molecule has 8 heteroatoms. The lowest BCUT2D eigenvalue weighted by Crippen LogP contribution is -2.41. The zero-order chi connectivity index (χ0) is 19.3. The summed E-state index contributed by atoms with van der Waals surface area (Å²) in [5, 5.41) is 0. The van der Waals surface area contributed by atoms with Gasteiger partial charge in [-0.15, -0.1) is 0 Å². The Bertz CT molecular complexity index is 869. The number of ether oxygens (including phenoxy) is 1. The first-order chi connectivity index (χ1) is 12.3. The SMILES string of the molecule is CCN(CC(=O)N(C)c1cccc(OC)c1)S(=O)(=O)c1ccc(Br)cc1. The van der Waals surface area contributed by atoms with Crippen LogP contribution in [0, 0.1) is 0 Å². The minimum absolute atomic E-state index is 0.152. The summed E-state index contributed by atoms with van der Waals surface area (Å²) in [5.74, 6) is 0.290. The van der Waals surface area contributed by atoms with Crippen LogP contribution < -0.4 is 9.64 Å². The average molecular weight is 441 g/mol. The number of halogens is 1. The van der Waals surface area contributed by atoms with Crippen LogP contribution in [-0.2, 0) is 14.8 Å². The van der Waals surface area contributed by atoms with Gasteiger partial charge in [0, 0.05) is 29.8 Å². The number of sulfonamides is 1. The summed E-state index contributed by atoms with van der Waals surface area (Å²) < 4.78 is 32.7. The maximum absolute atomic E-state index is 12.8. The van der Waals surface area contributed by atoms with Gasteiger partial charge in [-0.2, -0.15) is 4.31 Å². The molecular formula is C18H21BrN2O4S. The molecule has 2 aromatic carbocycles. The highest BCUT2D eigenvalue weighted by molar-refractivity contribution is 9.10. The number of hydrogen-bond donors (Lipinski definition) is 0. The van der Waals surface area contributed by atoms with Crippen molar-refractivity contribution in [2.75, 3.05) is 32.1 Å². The van der Waals surface area contributed by atoms with E-state index in [0.717, 1.165) is 8.78 Å². The highest BCUT2D eigenvalue weighted by Crippen LogP contribution is 2.22. The molecule has 0 saturated heterocycles. The summed E-state index contributed by atoms with van der Waals surface area (Å²) >= 11 is 3.28. The molecule has 0 unspecified atom stereocenters. The fourth-order valence-corrected chi connectivity index (χ4v) is 4.01. The lowest BCUT2D eigenvalue weighted by molar-refractivity contribution is -0.118. The summed E-state index contributed by atoms with van der Waals surface area (Å²) in [7, 11) is -0.597. The van der Waals surface area contributed by atoms with Gasteiger partial charge in [-0.05, 0) is 36.4 Å². The quantitative estimate of drug-likeness (QED) is 0.662. The van der Waals surface area contributed by atoms with Crippen molar-refractivity contribution >= 4 is 37.5 Å². The van der Waals surface area contributed by atoms with Gasteiger partial charge in [-0.1, -0.05) is 28.9 Å². The van der Waals surface area contributed by atoms with Gasteiger partial charge >= 0.3 is 0 Å². The second kappa shape index (κ2) is 8.66. The van der Waals surface area contributed by atoms with Crippen molar-refractivity contribution < 1.29 is 17.9 Å². The van der Waals surface area contributed by atoms with Crippen molar-refractivity contribution in [1.29, 1.82) is 0 Å². The topological polar surface area (TPSA) is 66.9 Å². The third-order valence-corrected chi connectivity index (χ3v) is 6.39. The number of hydrogen-bond acceptors (Lipinski definition) is 4. The van der Waals surface area contributed by atoms with Crippen LogP contribution in [0.2, 0.25) is 0 Å². The largest absolute Gasteiger partial charge is 0.497 e. The molecule has 0 fully saturated rings. The number of rotatable bonds is 7. The Morgan fingerprint density at radius 2 is 1.81 bits per heavy atom. The third-order valence-electron chi connectivity index (χ3n) is 3.93. The van der Waals surface area contributed by atoms with Gasteiger partial charge in [-0.25, -0.2) is 8.42 Å². The predicted molar refractivity (Wildman–Crippen MR) is 105 cm³/mol. The number of carbonyl (C=O) groups excluding carboxylic acids is 1. The molecular weight excluding hydrogens is 420 g/mol. The summed E-state index contributed by atoms with van der Waals surface area (Å²) in [6.07, 6.45) is 0. The molecule has 0 N–H and O–H groups in total. The summed E-state index contributed by atoms with van der Waals surface area (Å²) in [6, 6.07) is 13.4. The van der Waals surface area contributed by atoms with E-state index in [1.807, 2.05) is 0 Å². The normalized spacial score (nSPS) is 11.4. The van der Waals surface area contributed by atoms with Gasteiger partial charge in [0.05, 0.1) is 18.6 Å². The third kappa shape index (κ3) is 4.63. The molecule has 140 valence electrons. The Kier molecular flexibility index (Phi) is 6.80. The number of likely N-dealkylation sites (N-methyl/N-ethyl adjacent to an activating group) is 2. The van der Waals surface area contributed by atoms with E-state index in [1.54, 1.807) is 57.5 Å². The number of benzene rings is 2. The van der Waals surface area contributed by atoms with Crippen LogP contribution in [0.4, 0.5) is 5.69 Å². The predicted octanol–water partition coefficient (Wildman–Crippen LogP) is 3.13. The Labute approximate surface area is 162 Å². The molecule has 0 bridgehead atoms. The number of anilines is 1. The highest BCUT2D eigenvalue weighted by atomic mass is 79.9. The van der Waals surface area contributed by atoms with E-state index >= 15 is 0 Å². The maximum atomic E-state index is 12.8. The summed E-state index contributed by atoms with van der Waals surface area (Å²) in [5.41, 5.74) is 0.631. The second-order valence-electron chi connectivity index (χ2n) is 5.54. The van der Waals surface area contributed by atoms with Gasteiger partial charge in [0.25, 0.3) is 0 Å². The summed E-state index contributed by atoms with van der Waals surface area (Å²) in [6.45, 7) is 1.65. The first-order valence-corrected chi connectivity index (χ1v) is 10.2. The molecule has 0 aliphatic rings. The first kappa shape index (κ1) is 20.4. The van der Waals surface area contributed by atoms with Crippen molar-refractivity contribution in [1.82, 2.24) is 4.31 Å². The molecule has 0 heterocycles. The molecule has 2 rings (SSSR count). The van der Waals surface area contributed by atoms with E-state index in [1.165, 1.54) is 17.0 Å². The monoisotopic (exact) mass is 440 g/mol. The number of carbonyl (C=O) groups is 1. The van der Waals surface area contributed by atoms with Crippen molar-refractivity contribution in [3.63, 3.8) is 0 Å². The van der Waals surface area contributed by atoms with Crippen LogP contribution in [0.1, 0.15) is 6.92 Å². The fourth-order valence-electron chi connectivity index (χ4n) is 2.34. The molecule has 0 saturated carbocycles. The smallest absolute Gasteiger partial charge is 0.243 e. The molecule has 26 heavy (non-hydrogen) atoms. The zero-order valence-corrected chi connectivity index (χ0v) is 17.2. The van der Waals surface area contributed by atoms with Crippen LogP contribution in [0.25, 0.3) is 0 Å². The van der Waals surface area contributed by atoms with Crippen LogP contribution >= 0.6 is 15.9 Å². The standard InChI is InChI=1S/C18H21BrN2O4S/c1-4-21(26(23,24)17-10-8-14(19)9-11-17)13-18(22)20(2)15-6-5-7-16(12-15)25-3/h5-12H,4,13H2,1-3H3. The minimum Gasteiger partial charge on any atom is -0.497 e. The van der Waals surface area contributed by atoms with Crippen LogP contribution in [0.15, 0.2) is 57.9 Å². The van der Waals surface area contributed by atoms with E-state index in [-0.39, 0.29) is 23.9 Å². The highest BCUT2D eigenvalue weighted by Gasteiger charge is 2.26. The van der Waals surface area contributed by atoms with Crippen molar-refractivity contribution in [3.05, 3.63) is 53.0 Å². The summed E-state index contributed by atoms with van der Waals surface area (Å²) in [4.78, 5) is 14.2. The van der Waals surface area contributed by atoms with Gasteiger partial charge < -0.3 is 9.64 Å². The lowest BCUT2D eigenvalue weighted by Gasteiger charge is -2.24. The molecule has 0 spiro atoms. The molecule has 0 atom stereocenters. The molecule has 0 aliphatic heterocycles. The van der Waals surface area contributed by atoms with Crippen LogP contribution in [-0.4, -0.2) is 45.9 Å². The lowest BCUT2D eigenvalue weighted by atomic mass is 10.2. The van der Waals surface area contributed by atoms with E-state index < -0.39 is 10.0 Å². The van der Waals surface area contributed by atoms with E-state index in [0.29, 0.717) is 11.4 Å². The molecule has 0 radical (unpaired) electrons. The van der Waals surface area contributed by atoms with E-state index in [9.17, 15) is 13.2 Å². The van der Waals surface area contributed by atoms with Gasteiger partial charge in [0.2, 0.25) is 15.9 Å². The number of nitrogens with zero attached hydrogens (tertiary/aromatic N) is 2. The van der Waals surface area contributed by atoms with Crippen LogP contribution in [0.3, 0.4) is 0 Å². The Morgan fingerprint density at radius 3 is 2.38 bits per heavy atom. The Balaban J connectivity index is 2.20. The Morgan fingerprint density at radius 1 is 1.15 bits per heavy atom. The average Bonchev–Trinajstić information content (AvgIpc) is 2.65. The first-order valence-electron chi connectivity index (χ1n) is 7.96. The van der Waals surface area contributed by atoms with E-state index in [4.69, 9.17) is 4.74 Å². The number of amides is 1. The van der Waals surface area contributed by atoms with Crippen molar-refractivity contribution in [3.8, 4) is 5.75 Å². The Hall–Kier alpha value is -1.90. The minimum atomic E-state index is -3.75. The number of methoxy groups -OCH3 is 1. The maximum Gasteiger partial charge on any atom is 0.243 e. The molecule has 2 aromatic rings.